The van der Waals surface area contributed by atoms with Crippen molar-refractivity contribution in [2.45, 2.75) is 6.54 Å². The number of nitrogens with one attached hydrogen (secondary N) is 1. The zero-order chi connectivity index (χ0) is 13.0. The van der Waals surface area contributed by atoms with Gasteiger partial charge in [0.05, 0.1) is 11.5 Å². The van der Waals surface area contributed by atoms with Gasteiger partial charge in [0.1, 0.15) is 23.6 Å². The summed E-state index contributed by atoms with van der Waals surface area (Å²) in [5.74, 6) is 0. The maximum atomic E-state index is 10.6. The Hall–Kier alpha value is -2.88. The Kier molecular flexibility index (Phi) is 3.20. The number of rotatable bonds is 4. The van der Waals surface area contributed by atoms with Crippen LogP contribution in [0.3, 0.4) is 0 Å². The van der Waals surface area contributed by atoms with Crippen molar-refractivity contribution in [3.63, 3.8) is 0 Å². The van der Waals surface area contributed by atoms with E-state index in [1.165, 1.54) is 18.4 Å². The fraction of sp³-hybridized carbons (Fsp3) is 0.0909. The van der Waals surface area contributed by atoms with Crippen LogP contribution < -0.4 is 5.32 Å². The highest BCUT2D eigenvalue weighted by atomic mass is 16.6. The Bertz CT molecular complexity index is 601. The molecule has 1 heterocycles. The number of aromatic nitrogens is 1. The lowest BCUT2D eigenvalue weighted by Crippen LogP contribution is -2.01. The van der Waals surface area contributed by atoms with Gasteiger partial charge in [-0.3, -0.25) is 10.1 Å². The molecule has 1 N–H and O–H groups in total. The predicted octanol–water partition coefficient (Wildman–Crippen LogP) is 2.07. The highest BCUT2D eigenvalue weighted by molar-refractivity contribution is 5.58. The second-order valence-corrected chi connectivity index (χ2v) is 3.45. The molecule has 2 rings (SSSR count). The van der Waals surface area contributed by atoms with Gasteiger partial charge in [-0.1, -0.05) is 5.16 Å². The third-order valence-corrected chi connectivity index (χ3v) is 2.28. The zero-order valence-electron chi connectivity index (χ0n) is 9.16. The predicted molar refractivity (Wildman–Crippen MR) is 61.6 cm³/mol. The fourth-order valence-electron chi connectivity index (χ4n) is 1.42. The van der Waals surface area contributed by atoms with Crippen molar-refractivity contribution in [2.24, 2.45) is 0 Å². The standard InChI is InChI=1S/C11H8N4O3/c12-6-8-5-9(1-2-11(8)15(16)17)13-7-10-3-4-18-14-10/h1-5,13H,7H2. The molecule has 1 aromatic carbocycles. The van der Waals surface area contributed by atoms with Crippen LogP contribution in [0.25, 0.3) is 0 Å². The Labute approximate surface area is 102 Å². The minimum atomic E-state index is -0.583. The van der Waals surface area contributed by atoms with Gasteiger partial charge in [-0.05, 0) is 12.1 Å². The van der Waals surface area contributed by atoms with Crippen LogP contribution in [0.1, 0.15) is 11.3 Å². The van der Waals surface area contributed by atoms with Gasteiger partial charge in [-0.2, -0.15) is 5.26 Å². The first-order valence-corrected chi connectivity index (χ1v) is 5.02. The van der Waals surface area contributed by atoms with Crippen LogP contribution in [0.15, 0.2) is 35.1 Å². The molecule has 0 bridgehead atoms. The molecular formula is C11H8N4O3. The van der Waals surface area contributed by atoms with Gasteiger partial charge in [0.15, 0.2) is 0 Å². The van der Waals surface area contributed by atoms with E-state index in [2.05, 4.69) is 15.0 Å². The van der Waals surface area contributed by atoms with E-state index in [0.29, 0.717) is 17.9 Å². The molecule has 18 heavy (non-hydrogen) atoms. The lowest BCUT2D eigenvalue weighted by molar-refractivity contribution is -0.385. The van der Waals surface area contributed by atoms with E-state index in [-0.39, 0.29) is 11.3 Å². The monoisotopic (exact) mass is 244 g/mol. The normalized spacial score (nSPS) is 9.72. The molecule has 0 radical (unpaired) electrons. The summed E-state index contributed by atoms with van der Waals surface area (Å²) < 4.78 is 4.67. The van der Waals surface area contributed by atoms with Crippen LogP contribution in [-0.4, -0.2) is 10.1 Å². The Morgan fingerprint density at radius 3 is 2.94 bits per heavy atom. The van der Waals surface area contributed by atoms with E-state index >= 15 is 0 Å². The first-order valence-electron chi connectivity index (χ1n) is 5.02. The van der Waals surface area contributed by atoms with Crippen molar-refractivity contribution >= 4 is 11.4 Å². The first-order chi connectivity index (χ1) is 8.70. The third-order valence-electron chi connectivity index (χ3n) is 2.28. The molecular weight excluding hydrogens is 236 g/mol. The molecule has 0 aliphatic carbocycles. The first kappa shape index (κ1) is 11.6. The SMILES string of the molecule is N#Cc1cc(NCc2ccon2)ccc1[N+](=O)[O-]. The van der Waals surface area contributed by atoms with E-state index in [1.54, 1.807) is 18.2 Å². The topological polar surface area (TPSA) is 105 Å². The molecule has 0 unspecified atom stereocenters. The van der Waals surface area contributed by atoms with Crippen molar-refractivity contribution in [1.82, 2.24) is 5.16 Å². The molecule has 0 aliphatic rings. The third kappa shape index (κ3) is 2.44. The van der Waals surface area contributed by atoms with Gasteiger partial charge in [-0.25, -0.2) is 0 Å². The maximum Gasteiger partial charge on any atom is 0.287 e. The number of hydrogen-bond acceptors (Lipinski definition) is 6. The molecule has 0 saturated heterocycles. The summed E-state index contributed by atoms with van der Waals surface area (Å²) >= 11 is 0. The average molecular weight is 244 g/mol. The van der Waals surface area contributed by atoms with Crippen molar-refractivity contribution in [2.75, 3.05) is 5.32 Å². The zero-order valence-corrected chi connectivity index (χ0v) is 9.16. The molecule has 0 spiro atoms. The summed E-state index contributed by atoms with van der Waals surface area (Å²) in [7, 11) is 0. The van der Waals surface area contributed by atoms with Crippen LogP contribution >= 0.6 is 0 Å². The summed E-state index contributed by atoms with van der Waals surface area (Å²) in [4.78, 5) is 10.1. The van der Waals surface area contributed by atoms with Crippen molar-refractivity contribution in [3.05, 3.63) is 51.9 Å². The number of nitriles is 1. The quantitative estimate of drug-likeness (QED) is 0.651. The molecule has 0 saturated carbocycles. The van der Waals surface area contributed by atoms with Gasteiger partial charge in [0.25, 0.3) is 5.69 Å². The average Bonchev–Trinajstić information content (AvgIpc) is 2.88. The van der Waals surface area contributed by atoms with Gasteiger partial charge in [0.2, 0.25) is 0 Å². The second kappa shape index (κ2) is 4.97. The summed E-state index contributed by atoms with van der Waals surface area (Å²) in [5.41, 5.74) is 1.13. The van der Waals surface area contributed by atoms with Crippen molar-refractivity contribution < 1.29 is 9.45 Å². The molecule has 0 fully saturated rings. The fourth-order valence-corrected chi connectivity index (χ4v) is 1.42. The van der Waals surface area contributed by atoms with Gasteiger partial charge in [-0.15, -0.1) is 0 Å². The van der Waals surface area contributed by atoms with Crippen molar-refractivity contribution in [1.29, 1.82) is 5.26 Å². The second-order valence-electron chi connectivity index (χ2n) is 3.45. The molecule has 0 amide bonds. The summed E-state index contributed by atoms with van der Waals surface area (Å²) in [6, 6.07) is 7.76. The number of hydrogen-bond donors (Lipinski definition) is 1. The molecule has 7 heteroatoms. The number of nitro groups is 1. The highest BCUT2D eigenvalue weighted by Crippen LogP contribution is 2.22. The lowest BCUT2D eigenvalue weighted by atomic mass is 10.1. The van der Waals surface area contributed by atoms with Crippen LogP contribution in [-0.2, 0) is 6.54 Å². The number of benzene rings is 1. The Balaban J connectivity index is 2.15. The molecule has 0 atom stereocenters. The van der Waals surface area contributed by atoms with Crippen molar-refractivity contribution in [3.8, 4) is 6.07 Å². The number of anilines is 1. The maximum absolute atomic E-state index is 10.6. The smallest absolute Gasteiger partial charge is 0.287 e. The molecule has 90 valence electrons. The Morgan fingerprint density at radius 2 is 2.33 bits per heavy atom. The summed E-state index contributed by atoms with van der Waals surface area (Å²) in [6.07, 6.45) is 1.45. The van der Waals surface area contributed by atoms with Gasteiger partial charge >= 0.3 is 0 Å². The van der Waals surface area contributed by atoms with E-state index in [9.17, 15) is 10.1 Å². The van der Waals surface area contributed by atoms with E-state index < -0.39 is 4.92 Å². The van der Waals surface area contributed by atoms with Crippen LogP contribution in [0, 0.1) is 21.4 Å². The van der Waals surface area contributed by atoms with E-state index in [1.807, 2.05) is 0 Å². The van der Waals surface area contributed by atoms with Gasteiger partial charge in [0, 0.05) is 17.8 Å². The van der Waals surface area contributed by atoms with E-state index in [4.69, 9.17) is 5.26 Å². The lowest BCUT2D eigenvalue weighted by Gasteiger charge is -2.04. The largest absolute Gasteiger partial charge is 0.379 e. The highest BCUT2D eigenvalue weighted by Gasteiger charge is 2.13. The molecule has 2 aromatic rings. The van der Waals surface area contributed by atoms with Crippen LogP contribution in [0.2, 0.25) is 0 Å². The van der Waals surface area contributed by atoms with E-state index in [0.717, 1.165) is 0 Å². The summed E-state index contributed by atoms with van der Waals surface area (Å²) in [6.45, 7) is 0.416. The van der Waals surface area contributed by atoms with Crippen LogP contribution in [0.4, 0.5) is 11.4 Å². The molecule has 1 aromatic heterocycles. The van der Waals surface area contributed by atoms with Crippen LogP contribution in [0.5, 0.6) is 0 Å². The van der Waals surface area contributed by atoms with Gasteiger partial charge < -0.3 is 9.84 Å². The molecule has 0 aliphatic heterocycles. The summed E-state index contributed by atoms with van der Waals surface area (Å²) in [5, 5.41) is 26.2. The minimum Gasteiger partial charge on any atom is -0.379 e. The molecule has 7 nitrogen and oxygen atoms in total. The number of nitro benzene ring substituents is 1. The minimum absolute atomic E-state index is 0.0187. The number of nitrogens with zero attached hydrogens (tertiary/aromatic N) is 3. The Morgan fingerprint density at radius 1 is 1.50 bits per heavy atom.